The Morgan fingerprint density at radius 2 is 2.56 bits per heavy atom. The van der Waals surface area contributed by atoms with Crippen molar-refractivity contribution in [3.63, 3.8) is 0 Å². The van der Waals surface area contributed by atoms with Crippen LogP contribution in [0.3, 0.4) is 0 Å². The smallest absolute Gasteiger partial charge is 0.240 e. The molecule has 5 heteroatoms. The summed E-state index contributed by atoms with van der Waals surface area (Å²) in [5, 5.41) is 9.89. The van der Waals surface area contributed by atoms with Gasteiger partial charge in [-0.1, -0.05) is 5.16 Å². The predicted octanol–water partition coefficient (Wildman–Crippen LogP) is 0.823. The molecule has 0 spiro atoms. The minimum atomic E-state index is -0.429. The molecular weight excluding hydrogens is 206 g/mol. The second-order valence-corrected chi connectivity index (χ2v) is 4.39. The molecule has 2 rings (SSSR count). The van der Waals surface area contributed by atoms with E-state index in [1.165, 1.54) is 6.26 Å². The molecule has 1 unspecified atom stereocenters. The van der Waals surface area contributed by atoms with Gasteiger partial charge in [0.1, 0.15) is 12.0 Å². The van der Waals surface area contributed by atoms with Crippen LogP contribution in [0.25, 0.3) is 0 Å². The van der Waals surface area contributed by atoms with Crippen molar-refractivity contribution in [3.8, 4) is 0 Å². The number of hydrogen-bond donors (Lipinski definition) is 2. The fourth-order valence-electron chi connectivity index (χ4n) is 1.94. The van der Waals surface area contributed by atoms with Crippen LogP contribution in [0.2, 0.25) is 0 Å². The van der Waals surface area contributed by atoms with Gasteiger partial charge in [0, 0.05) is 6.07 Å². The molecule has 88 valence electrons. The molecule has 16 heavy (non-hydrogen) atoms. The Morgan fingerprint density at radius 1 is 1.69 bits per heavy atom. The Morgan fingerprint density at radius 3 is 3.19 bits per heavy atom. The quantitative estimate of drug-likeness (QED) is 0.796. The molecule has 1 amide bonds. The average molecular weight is 223 g/mol. The van der Waals surface area contributed by atoms with Crippen LogP contribution >= 0.6 is 0 Å². The van der Waals surface area contributed by atoms with Gasteiger partial charge in [-0.3, -0.25) is 4.79 Å². The van der Waals surface area contributed by atoms with E-state index in [9.17, 15) is 4.79 Å². The molecule has 1 aromatic rings. The molecule has 0 aromatic carbocycles. The number of rotatable bonds is 3. The van der Waals surface area contributed by atoms with Crippen LogP contribution in [0.1, 0.15) is 31.9 Å². The number of amides is 1. The summed E-state index contributed by atoms with van der Waals surface area (Å²) < 4.78 is 4.70. The van der Waals surface area contributed by atoms with E-state index in [0.717, 1.165) is 31.5 Å². The summed E-state index contributed by atoms with van der Waals surface area (Å²) in [5.41, 5.74) is 0.315. The largest absolute Gasteiger partial charge is 0.364 e. The Labute approximate surface area is 94.6 Å². The van der Waals surface area contributed by atoms with Gasteiger partial charge in [-0.05, 0) is 32.7 Å². The highest BCUT2D eigenvalue weighted by Gasteiger charge is 2.33. The maximum atomic E-state index is 12.0. The normalized spacial score (nSPS) is 25.3. The van der Waals surface area contributed by atoms with Gasteiger partial charge >= 0.3 is 0 Å². The van der Waals surface area contributed by atoms with E-state index in [2.05, 4.69) is 15.8 Å². The highest BCUT2D eigenvalue weighted by Crippen LogP contribution is 2.18. The van der Waals surface area contributed by atoms with Crippen LogP contribution in [0.4, 0.5) is 0 Å². The third kappa shape index (κ3) is 2.41. The first-order valence-corrected chi connectivity index (χ1v) is 5.63. The third-order valence-electron chi connectivity index (χ3n) is 3.04. The van der Waals surface area contributed by atoms with Crippen LogP contribution in [-0.2, 0) is 11.3 Å². The van der Waals surface area contributed by atoms with E-state index in [0.29, 0.717) is 6.54 Å². The van der Waals surface area contributed by atoms with Crippen LogP contribution in [0.5, 0.6) is 0 Å². The molecule has 5 nitrogen and oxygen atoms in total. The summed E-state index contributed by atoms with van der Waals surface area (Å²) in [6.07, 6.45) is 4.63. The van der Waals surface area contributed by atoms with Gasteiger partial charge in [0.2, 0.25) is 5.91 Å². The molecule has 0 bridgehead atoms. The van der Waals surface area contributed by atoms with E-state index in [-0.39, 0.29) is 5.91 Å². The molecule has 1 atom stereocenters. The molecule has 0 radical (unpaired) electrons. The summed E-state index contributed by atoms with van der Waals surface area (Å²) in [7, 11) is 0. The molecule has 1 aliphatic heterocycles. The van der Waals surface area contributed by atoms with Crippen molar-refractivity contribution in [1.29, 1.82) is 0 Å². The van der Waals surface area contributed by atoms with Crippen molar-refractivity contribution in [2.45, 2.75) is 38.3 Å². The van der Waals surface area contributed by atoms with E-state index >= 15 is 0 Å². The number of nitrogens with one attached hydrogen (secondary N) is 2. The highest BCUT2D eigenvalue weighted by atomic mass is 16.5. The number of hydrogen-bond acceptors (Lipinski definition) is 4. The molecule has 1 aliphatic rings. The lowest BCUT2D eigenvalue weighted by atomic mass is 9.90. The number of aromatic nitrogens is 1. The van der Waals surface area contributed by atoms with Crippen LogP contribution in [0, 0.1) is 0 Å². The molecule has 2 heterocycles. The fourth-order valence-corrected chi connectivity index (χ4v) is 1.94. The van der Waals surface area contributed by atoms with Gasteiger partial charge in [-0.2, -0.15) is 0 Å². The Hall–Kier alpha value is -1.36. The van der Waals surface area contributed by atoms with Crippen molar-refractivity contribution in [2.24, 2.45) is 0 Å². The van der Waals surface area contributed by atoms with E-state index in [4.69, 9.17) is 4.52 Å². The number of carbonyl (C=O) groups excluding carboxylic acids is 1. The first kappa shape index (κ1) is 11.1. The lowest BCUT2D eigenvalue weighted by Gasteiger charge is -2.33. The number of carbonyl (C=O) groups is 1. The molecule has 1 saturated heterocycles. The average Bonchev–Trinajstić information content (AvgIpc) is 2.79. The van der Waals surface area contributed by atoms with Gasteiger partial charge in [0.15, 0.2) is 0 Å². The standard InChI is InChI=1S/C11H17N3O2/c1-11(5-2-3-6-13-11)10(15)12-8-9-4-7-16-14-9/h4,7,13H,2-3,5-6,8H2,1H3,(H,12,15). The zero-order valence-corrected chi connectivity index (χ0v) is 9.45. The molecule has 1 fully saturated rings. The second kappa shape index (κ2) is 4.65. The number of piperidine rings is 1. The molecular formula is C11H17N3O2. The third-order valence-corrected chi connectivity index (χ3v) is 3.04. The Bertz CT molecular complexity index is 342. The van der Waals surface area contributed by atoms with Gasteiger partial charge in [0.25, 0.3) is 0 Å². The zero-order chi connectivity index (χ0) is 11.4. The summed E-state index contributed by atoms with van der Waals surface area (Å²) in [6.45, 7) is 3.28. The highest BCUT2D eigenvalue weighted by molar-refractivity contribution is 5.85. The molecule has 1 aromatic heterocycles. The van der Waals surface area contributed by atoms with E-state index < -0.39 is 5.54 Å². The molecule has 0 saturated carbocycles. The fraction of sp³-hybridized carbons (Fsp3) is 0.636. The van der Waals surface area contributed by atoms with Gasteiger partial charge in [0.05, 0.1) is 12.1 Å². The summed E-state index contributed by atoms with van der Waals surface area (Å²) in [6, 6.07) is 1.75. The Balaban J connectivity index is 1.87. The summed E-state index contributed by atoms with van der Waals surface area (Å²) >= 11 is 0. The first-order valence-electron chi connectivity index (χ1n) is 5.63. The summed E-state index contributed by atoms with van der Waals surface area (Å²) in [4.78, 5) is 12.0. The summed E-state index contributed by atoms with van der Waals surface area (Å²) in [5.74, 6) is 0.0372. The minimum Gasteiger partial charge on any atom is -0.364 e. The van der Waals surface area contributed by atoms with Gasteiger partial charge < -0.3 is 15.2 Å². The van der Waals surface area contributed by atoms with Gasteiger partial charge in [-0.25, -0.2) is 0 Å². The zero-order valence-electron chi connectivity index (χ0n) is 9.45. The van der Waals surface area contributed by atoms with Crippen LogP contribution in [0.15, 0.2) is 16.9 Å². The SMILES string of the molecule is CC1(C(=O)NCc2ccon2)CCCCN1. The minimum absolute atomic E-state index is 0.0372. The van der Waals surface area contributed by atoms with Crippen molar-refractivity contribution < 1.29 is 9.32 Å². The predicted molar refractivity (Wildman–Crippen MR) is 58.6 cm³/mol. The van der Waals surface area contributed by atoms with E-state index in [1.807, 2.05) is 6.92 Å². The lowest BCUT2D eigenvalue weighted by molar-refractivity contribution is -0.128. The topological polar surface area (TPSA) is 67.2 Å². The maximum absolute atomic E-state index is 12.0. The second-order valence-electron chi connectivity index (χ2n) is 4.39. The van der Waals surface area contributed by atoms with Crippen molar-refractivity contribution in [2.75, 3.05) is 6.54 Å². The van der Waals surface area contributed by atoms with E-state index in [1.54, 1.807) is 6.07 Å². The van der Waals surface area contributed by atoms with Crippen molar-refractivity contribution in [1.82, 2.24) is 15.8 Å². The maximum Gasteiger partial charge on any atom is 0.240 e. The monoisotopic (exact) mass is 223 g/mol. The molecule has 2 N–H and O–H groups in total. The van der Waals surface area contributed by atoms with Crippen LogP contribution < -0.4 is 10.6 Å². The van der Waals surface area contributed by atoms with Gasteiger partial charge in [-0.15, -0.1) is 0 Å². The Kier molecular flexibility index (Phi) is 3.24. The van der Waals surface area contributed by atoms with Crippen LogP contribution in [-0.4, -0.2) is 23.1 Å². The van der Waals surface area contributed by atoms with Crippen molar-refractivity contribution >= 4 is 5.91 Å². The molecule has 0 aliphatic carbocycles. The number of nitrogens with zero attached hydrogens (tertiary/aromatic N) is 1. The first-order chi connectivity index (χ1) is 7.71. The lowest BCUT2D eigenvalue weighted by Crippen LogP contribution is -2.56. The van der Waals surface area contributed by atoms with Crippen molar-refractivity contribution in [3.05, 3.63) is 18.0 Å².